The van der Waals surface area contributed by atoms with Gasteiger partial charge in [0, 0.05) is 31.4 Å². The lowest BCUT2D eigenvalue weighted by Gasteiger charge is -2.17. The summed E-state index contributed by atoms with van der Waals surface area (Å²) in [5, 5.41) is 19.3. The van der Waals surface area contributed by atoms with Gasteiger partial charge in [-0.15, -0.1) is 0 Å². The smallest absolute Gasteiger partial charge is 0.358 e. The van der Waals surface area contributed by atoms with E-state index >= 15 is 0 Å². The Labute approximate surface area is 153 Å². The number of nitro groups is 1. The van der Waals surface area contributed by atoms with Crippen LogP contribution in [0.15, 0.2) is 4.47 Å². The minimum Gasteiger partial charge on any atom is -0.358 e. The molecule has 0 aliphatic carbocycles. The Bertz CT molecular complexity index is 826. The summed E-state index contributed by atoms with van der Waals surface area (Å²) in [7, 11) is 1.70. The first-order valence-electron chi connectivity index (χ1n) is 7.81. The molecule has 0 radical (unpaired) electrons. The second-order valence-electron chi connectivity index (χ2n) is 5.85. The minimum atomic E-state index is -0.576. The van der Waals surface area contributed by atoms with E-state index in [4.69, 9.17) is 0 Å². The van der Waals surface area contributed by atoms with Crippen LogP contribution in [0, 0.1) is 30.9 Å². The number of carbonyl (C=O) groups is 1. The quantitative estimate of drug-likeness (QED) is 0.535. The van der Waals surface area contributed by atoms with Crippen molar-refractivity contribution < 1.29 is 9.72 Å². The Kier molecular flexibility index (Phi) is 5.61. The highest BCUT2D eigenvalue weighted by molar-refractivity contribution is 9.10. The van der Waals surface area contributed by atoms with Gasteiger partial charge >= 0.3 is 5.82 Å². The van der Waals surface area contributed by atoms with Gasteiger partial charge in [0.1, 0.15) is 11.0 Å². The van der Waals surface area contributed by atoms with E-state index in [-0.39, 0.29) is 18.3 Å². The van der Waals surface area contributed by atoms with Crippen LogP contribution in [0.1, 0.15) is 29.6 Å². The van der Waals surface area contributed by atoms with Crippen molar-refractivity contribution in [2.24, 2.45) is 0 Å². The number of hydrogen-bond acceptors (Lipinski definition) is 5. The first kappa shape index (κ1) is 19.1. The van der Waals surface area contributed by atoms with E-state index in [0.29, 0.717) is 16.7 Å². The highest BCUT2D eigenvalue weighted by atomic mass is 79.9. The van der Waals surface area contributed by atoms with Crippen molar-refractivity contribution in [1.82, 2.24) is 24.5 Å². The predicted octanol–water partition coefficient (Wildman–Crippen LogP) is 2.35. The van der Waals surface area contributed by atoms with Gasteiger partial charge in [0.15, 0.2) is 0 Å². The molecule has 0 saturated heterocycles. The van der Waals surface area contributed by atoms with E-state index in [0.717, 1.165) is 23.5 Å². The van der Waals surface area contributed by atoms with Gasteiger partial charge in [0.05, 0.1) is 16.5 Å². The summed E-state index contributed by atoms with van der Waals surface area (Å²) in [6, 6.07) is 0. The molecule has 0 N–H and O–H groups in total. The third-order valence-electron chi connectivity index (χ3n) is 4.23. The van der Waals surface area contributed by atoms with Crippen LogP contribution in [0.25, 0.3) is 0 Å². The molecular weight excluding hydrogens is 392 g/mol. The lowest BCUT2D eigenvalue weighted by molar-refractivity contribution is -0.390. The summed E-state index contributed by atoms with van der Waals surface area (Å²) < 4.78 is 3.54. The third kappa shape index (κ3) is 3.73. The van der Waals surface area contributed by atoms with Gasteiger partial charge in [-0.3, -0.25) is 9.48 Å². The number of nitrogens with zero attached hydrogens (tertiary/aromatic N) is 6. The molecule has 0 fully saturated rings. The fraction of sp³-hybridized carbons (Fsp3) is 0.533. The zero-order chi connectivity index (χ0) is 18.9. The molecule has 0 bridgehead atoms. The highest BCUT2D eigenvalue weighted by Crippen LogP contribution is 2.27. The molecule has 2 aromatic rings. The maximum Gasteiger partial charge on any atom is 0.404 e. The average Bonchev–Trinajstić information content (AvgIpc) is 2.99. The van der Waals surface area contributed by atoms with Crippen LogP contribution in [0.3, 0.4) is 0 Å². The SMILES string of the molecule is CCn1nc(C)c(CN(C)C(=O)Cn2nc([N+](=O)[O-])c(Br)c2C)c1C. The van der Waals surface area contributed by atoms with E-state index in [1.165, 1.54) is 4.68 Å². The molecule has 10 heteroatoms. The summed E-state index contributed by atoms with van der Waals surface area (Å²) in [6.45, 7) is 8.74. The molecular formula is C15H21BrN6O3. The molecule has 0 unspecified atom stereocenters. The van der Waals surface area contributed by atoms with E-state index in [1.54, 1.807) is 18.9 Å². The summed E-state index contributed by atoms with van der Waals surface area (Å²) in [5.41, 5.74) is 3.49. The number of rotatable bonds is 6. The third-order valence-corrected chi connectivity index (χ3v) is 5.15. The molecule has 2 rings (SSSR count). The van der Waals surface area contributed by atoms with Crippen molar-refractivity contribution in [3.05, 3.63) is 37.2 Å². The zero-order valence-corrected chi connectivity index (χ0v) is 16.5. The Balaban J connectivity index is 2.15. The number of likely N-dealkylation sites (N-methyl/N-ethyl adjacent to an activating group) is 1. The van der Waals surface area contributed by atoms with Gasteiger partial charge in [-0.05, 0) is 48.5 Å². The number of carbonyl (C=O) groups excluding carboxylic acids is 1. The fourth-order valence-electron chi connectivity index (χ4n) is 2.62. The predicted molar refractivity (Wildman–Crippen MR) is 95.2 cm³/mol. The van der Waals surface area contributed by atoms with Crippen molar-refractivity contribution in [2.75, 3.05) is 7.05 Å². The summed E-state index contributed by atoms with van der Waals surface area (Å²) >= 11 is 3.15. The van der Waals surface area contributed by atoms with Crippen LogP contribution >= 0.6 is 15.9 Å². The molecule has 0 spiro atoms. The van der Waals surface area contributed by atoms with E-state index in [9.17, 15) is 14.9 Å². The van der Waals surface area contributed by atoms with Crippen molar-refractivity contribution in [2.45, 2.75) is 47.3 Å². The lowest BCUT2D eigenvalue weighted by Crippen LogP contribution is -2.30. The summed E-state index contributed by atoms with van der Waals surface area (Å²) in [5.74, 6) is -0.472. The Morgan fingerprint density at radius 2 is 1.88 bits per heavy atom. The molecule has 2 aromatic heterocycles. The van der Waals surface area contributed by atoms with E-state index in [2.05, 4.69) is 26.1 Å². The van der Waals surface area contributed by atoms with Crippen LogP contribution in [0.4, 0.5) is 5.82 Å². The molecule has 2 heterocycles. The standard InChI is InChI=1S/C15H21BrN6O3/c1-6-20-10(3)12(9(2)17-20)7-19(5)13(23)8-21-11(4)14(16)15(18-21)22(24)25/h6-8H2,1-5H3. The Hall–Kier alpha value is -2.23. The Morgan fingerprint density at radius 3 is 2.36 bits per heavy atom. The topological polar surface area (TPSA) is 99.1 Å². The molecule has 0 atom stereocenters. The van der Waals surface area contributed by atoms with Crippen LogP contribution in [0.2, 0.25) is 0 Å². The number of amides is 1. The van der Waals surface area contributed by atoms with Gasteiger partial charge in [0.25, 0.3) is 0 Å². The molecule has 1 amide bonds. The van der Waals surface area contributed by atoms with Crippen molar-refractivity contribution in [1.29, 1.82) is 0 Å². The highest BCUT2D eigenvalue weighted by Gasteiger charge is 2.25. The van der Waals surface area contributed by atoms with Crippen molar-refractivity contribution >= 4 is 27.7 Å². The average molecular weight is 413 g/mol. The maximum atomic E-state index is 12.5. The zero-order valence-electron chi connectivity index (χ0n) is 14.9. The molecule has 136 valence electrons. The van der Waals surface area contributed by atoms with Crippen LogP contribution in [0.5, 0.6) is 0 Å². The van der Waals surface area contributed by atoms with Gasteiger partial charge in [-0.2, -0.15) is 9.78 Å². The first-order chi connectivity index (χ1) is 11.7. The molecule has 0 aliphatic heterocycles. The second kappa shape index (κ2) is 7.34. The normalized spacial score (nSPS) is 11.0. The lowest BCUT2D eigenvalue weighted by atomic mass is 10.2. The van der Waals surface area contributed by atoms with Gasteiger partial charge in [-0.25, -0.2) is 0 Å². The van der Waals surface area contributed by atoms with Crippen LogP contribution < -0.4 is 0 Å². The van der Waals surface area contributed by atoms with Crippen LogP contribution in [-0.4, -0.2) is 42.3 Å². The number of aromatic nitrogens is 4. The number of hydrogen-bond donors (Lipinski definition) is 0. The van der Waals surface area contributed by atoms with E-state index in [1.807, 2.05) is 25.5 Å². The molecule has 0 aliphatic rings. The number of aryl methyl sites for hydroxylation is 2. The second-order valence-corrected chi connectivity index (χ2v) is 6.65. The molecule has 0 aromatic carbocycles. The largest absolute Gasteiger partial charge is 0.404 e. The summed E-state index contributed by atoms with van der Waals surface area (Å²) in [6.07, 6.45) is 0. The van der Waals surface area contributed by atoms with Crippen LogP contribution in [-0.2, 0) is 24.4 Å². The fourth-order valence-corrected chi connectivity index (χ4v) is 3.05. The van der Waals surface area contributed by atoms with Crippen molar-refractivity contribution in [3.8, 4) is 0 Å². The molecule has 9 nitrogen and oxygen atoms in total. The van der Waals surface area contributed by atoms with E-state index < -0.39 is 4.92 Å². The number of halogens is 1. The van der Waals surface area contributed by atoms with Gasteiger partial charge in [-0.1, -0.05) is 0 Å². The maximum absolute atomic E-state index is 12.5. The minimum absolute atomic E-state index is 0.0607. The first-order valence-corrected chi connectivity index (χ1v) is 8.60. The van der Waals surface area contributed by atoms with Gasteiger partial charge < -0.3 is 15.0 Å². The molecule has 0 saturated carbocycles. The van der Waals surface area contributed by atoms with Crippen molar-refractivity contribution in [3.63, 3.8) is 0 Å². The monoisotopic (exact) mass is 412 g/mol. The van der Waals surface area contributed by atoms with Gasteiger partial charge in [0.2, 0.25) is 5.91 Å². The molecule has 25 heavy (non-hydrogen) atoms. The Morgan fingerprint density at radius 1 is 1.24 bits per heavy atom. The summed E-state index contributed by atoms with van der Waals surface area (Å²) in [4.78, 5) is 24.5.